The lowest BCUT2D eigenvalue weighted by Gasteiger charge is -2.14. The largest absolute Gasteiger partial charge is 0.495 e. The molecule has 3 heterocycles. The van der Waals surface area contributed by atoms with Crippen molar-refractivity contribution in [3.8, 4) is 17.1 Å². The maximum absolute atomic E-state index is 5.55. The number of benzene rings is 2. The minimum absolute atomic E-state index is 0.433. The Hall–Kier alpha value is -4.02. The molecule has 0 aliphatic rings. The third kappa shape index (κ3) is 5.14. The van der Waals surface area contributed by atoms with Crippen LogP contribution in [-0.4, -0.2) is 31.7 Å². The first-order chi connectivity index (χ1) is 17.5. The van der Waals surface area contributed by atoms with E-state index in [-0.39, 0.29) is 0 Å². The van der Waals surface area contributed by atoms with Gasteiger partial charge in [0.05, 0.1) is 18.3 Å². The molecule has 5 rings (SSSR count). The van der Waals surface area contributed by atoms with Gasteiger partial charge in [-0.25, -0.2) is 9.97 Å². The predicted molar refractivity (Wildman–Crippen MR) is 152 cm³/mol. The topological polar surface area (TPSA) is 88.9 Å². The average Bonchev–Trinajstić information content (AvgIpc) is 3.26. The van der Waals surface area contributed by atoms with Gasteiger partial charge < -0.3 is 25.3 Å². The van der Waals surface area contributed by atoms with E-state index in [2.05, 4.69) is 36.9 Å². The molecule has 0 aliphatic carbocycles. The Labute approximate surface area is 221 Å². The van der Waals surface area contributed by atoms with E-state index in [9.17, 15) is 0 Å². The summed E-state index contributed by atoms with van der Waals surface area (Å²) in [7, 11) is 3.59. The molecule has 0 unspecified atom stereocenters. The van der Waals surface area contributed by atoms with Gasteiger partial charge in [0.1, 0.15) is 11.3 Å². The van der Waals surface area contributed by atoms with Crippen LogP contribution in [0, 0.1) is 0 Å². The summed E-state index contributed by atoms with van der Waals surface area (Å²) in [5.74, 6) is 2.00. The summed E-state index contributed by atoms with van der Waals surface area (Å²) in [4.78, 5) is 13.8. The lowest BCUT2D eigenvalue weighted by Crippen LogP contribution is -2.19. The average molecular weight is 560 g/mol. The Morgan fingerprint density at radius 3 is 2.61 bits per heavy atom. The smallest absolute Gasteiger partial charge is 0.175 e. The van der Waals surface area contributed by atoms with Gasteiger partial charge in [0.25, 0.3) is 0 Å². The molecule has 2 aromatic carbocycles. The SMILES string of the molecule is COc1ccc(Br)cc1NC(=S)Nc1cccc(-c2nc(Nc3ccncc3)c3c(ccn3C)n2)c1. The van der Waals surface area contributed by atoms with Crippen molar-refractivity contribution in [1.29, 1.82) is 0 Å². The van der Waals surface area contributed by atoms with Crippen LogP contribution < -0.4 is 20.7 Å². The maximum Gasteiger partial charge on any atom is 0.175 e. The standard InChI is InChI=1S/C26H22BrN7OS/c1-34-13-10-20-23(34)25(29-18-8-11-28-12-9-18)33-24(31-20)16-4-3-5-19(14-16)30-26(36)32-21-15-17(27)6-7-22(21)35-2/h3-15H,1-2H3,(H2,30,32,36)(H,28,29,31,33). The first-order valence-corrected chi connectivity index (χ1v) is 12.2. The summed E-state index contributed by atoms with van der Waals surface area (Å²) in [6.07, 6.45) is 5.45. The van der Waals surface area contributed by atoms with Gasteiger partial charge in [0.2, 0.25) is 0 Å². The van der Waals surface area contributed by atoms with Crippen molar-refractivity contribution in [2.75, 3.05) is 23.1 Å². The van der Waals surface area contributed by atoms with Crippen LogP contribution in [0.5, 0.6) is 5.75 Å². The molecule has 0 atom stereocenters. The molecular weight excluding hydrogens is 538 g/mol. The Kier molecular flexibility index (Phi) is 6.79. The second-order valence-corrected chi connectivity index (χ2v) is 9.25. The number of aryl methyl sites for hydroxylation is 1. The summed E-state index contributed by atoms with van der Waals surface area (Å²) < 4.78 is 8.34. The monoisotopic (exact) mass is 559 g/mol. The molecule has 8 nitrogen and oxygen atoms in total. The zero-order valence-corrected chi connectivity index (χ0v) is 21.9. The van der Waals surface area contributed by atoms with Gasteiger partial charge >= 0.3 is 0 Å². The van der Waals surface area contributed by atoms with Gasteiger partial charge in [-0.05, 0) is 60.7 Å². The number of rotatable bonds is 6. The molecule has 0 amide bonds. The molecular formula is C26H22BrN7OS. The van der Waals surface area contributed by atoms with Crippen molar-refractivity contribution in [1.82, 2.24) is 19.5 Å². The van der Waals surface area contributed by atoms with Gasteiger partial charge in [-0.1, -0.05) is 28.1 Å². The van der Waals surface area contributed by atoms with Crippen LogP contribution in [0.1, 0.15) is 0 Å². The minimum Gasteiger partial charge on any atom is -0.495 e. The van der Waals surface area contributed by atoms with Crippen molar-refractivity contribution >= 4 is 67.2 Å². The van der Waals surface area contributed by atoms with Crippen molar-refractivity contribution in [3.63, 3.8) is 0 Å². The highest BCUT2D eigenvalue weighted by Gasteiger charge is 2.14. The first-order valence-electron chi connectivity index (χ1n) is 11.0. The Balaban J connectivity index is 1.43. The summed E-state index contributed by atoms with van der Waals surface area (Å²) in [5, 5.41) is 10.3. The fraction of sp³-hybridized carbons (Fsp3) is 0.0769. The fourth-order valence-corrected chi connectivity index (χ4v) is 4.37. The molecule has 3 N–H and O–H groups in total. The third-order valence-electron chi connectivity index (χ3n) is 5.45. The van der Waals surface area contributed by atoms with Crippen LogP contribution >= 0.6 is 28.1 Å². The Bertz CT molecular complexity index is 1560. The summed E-state index contributed by atoms with van der Waals surface area (Å²) >= 11 is 9.03. The molecule has 0 aliphatic heterocycles. The van der Waals surface area contributed by atoms with E-state index < -0.39 is 0 Å². The van der Waals surface area contributed by atoms with E-state index in [1.165, 1.54) is 0 Å². The zero-order chi connectivity index (χ0) is 25.1. The number of methoxy groups -OCH3 is 1. The quantitative estimate of drug-likeness (QED) is 0.207. The van der Waals surface area contributed by atoms with Crippen LogP contribution in [0.15, 0.2) is 83.7 Å². The zero-order valence-electron chi connectivity index (χ0n) is 19.5. The highest BCUT2D eigenvalue weighted by molar-refractivity contribution is 9.10. The second kappa shape index (κ2) is 10.3. The van der Waals surface area contributed by atoms with Gasteiger partial charge in [-0.2, -0.15) is 0 Å². The number of thiocarbonyl (C=S) groups is 1. The normalized spacial score (nSPS) is 10.8. The molecule has 0 saturated carbocycles. The predicted octanol–water partition coefficient (Wildman–Crippen LogP) is 6.35. The number of nitrogens with zero attached hydrogens (tertiary/aromatic N) is 4. The Morgan fingerprint density at radius 2 is 1.81 bits per heavy atom. The number of hydrogen-bond donors (Lipinski definition) is 3. The third-order valence-corrected chi connectivity index (χ3v) is 6.15. The van der Waals surface area contributed by atoms with Crippen molar-refractivity contribution in [2.45, 2.75) is 0 Å². The lowest BCUT2D eigenvalue weighted by atomic mass is 10.2. The van der Waals surface area contributed by atoms with Gasteiger partial charge in [-0.3, -0.25) is 4.98 Å². The highest BCUT2D eigenvalue weighted by Crippen LogP contribution is 2.30. The maximum atomic E-state index is 5.55. The van der Waals surface area contributed by atoms with E-state index in [4.69, 9.17) is 26.9 Å². The molecule has 0 saturated heterocycles. The minimum atomic E-state index is 0.433. The molecule has 0 fully saturated rings. The van der Waals surface area contributed by atoms with E-state index in [0.29, 0.717) is 22.5 Å². The molecule has 3 aromatic heterocycles. The molecule has 0 spiro atoms. The van der Waals surface area contributed by atoms with Crippen molar-refractivity contribution < 1.29 is 4.74 Å². The molecule has 180 valence electrons. The number of fused-ring (bicyclic) bond motifs is 1. The van der Waals surface area contributed by atoms with E-state index >= 15 is 0 Å². The summed E-state index contributed by atoms with van der Waals surface area (Å²) in [5.41, 5.74) is 5.07. The van der Waals surface area contributed by atoms with Gasteiger partial charge in [0.15, 0.2) is 16.8 Å². The lowest BCUT2D eigenvalue weighted by molar-refractivity contribution is 0.417. The summed E-state index contributed by atoms with van der Waals surface area (Å²) in [6, 6.07) is 19.3. The fourth-order valence-electron chi connectivity index (χ4n) is 3.78. The van der Waals surface area contributed by atoms with Crippen molar-refractivity contribution in [3.05, 3.63) is 83.7 Å². The molecule has 5 aromatic rings. The highest BCUT2D eigenvalue weighted by atomic mass is 79.9. The molecule has 36 heavy (non-hydrogen) atoms. The van der Waals surface area contributed by atoms with Crippen molar-refractivity contribution in [2.24, 2.45) is 7.05 Å². The first kappa shape index (κ1) is 23.7. The van der Waals surface area contributed by atoms with Crippen LogP contribution in [0.25, 0.3) is 22.4 Å². The van der Waals surface area contributed by atoms with Gasteiger partial charge in [-0.15, -0.1) is 0 Å². The van der Waals surface area contributed by atoms with Crippen LogP contribution in [0.2, 0.25) is 0 Å². The number of pyridine rings is 1. The number of anilines is 4. The summed E-state index contributed by atoms with van der Waals surface area (Å²) in [6.45, 7) is 0. The molecule has 0 radical (unpaired) electrons. The number of nitrogens with one attached hydrogen (secondary N) is 3. The number of ether oxygens (including phenoxy) is 1. The molecule has 10 heteroatoms. The van der Waals surface area contributed by atoms with E-state index in [1.54, 1.807) is 19.5 Å². The Morgan fingerprint density at radius 1 is 0.972 bits per heavy atom. The molecule has 0 bridgehead atoms. The van der Waals surface area contributed by atoms with E-state index in [1.807, 2.05) is 78.5 Å². The van der Waals surface area contributed by atoms with Crippen LogP contribution in [-0.2, 0) is 7.05 Å². The van der Waals surface area contributed by atoms with Gasteiger partial charge in [0, 0.05) is 47.0 Å². The van der Waals surface area contributed by atoms with Crippen LogP contribution in [0.4, 0.5) is 22.9 Å². The second-order valence-electron chi connectivity index (χ2n) is 7.92. The van der Waals surface area contributed by atoms with Crippen LogP contribution in [0.3, 0.4) is 0 Å². The number of aromatic nitrogens is 4. The van der Waals surface area contributed by atoms with E-state index in [0.717, 1.165) is 38.1 Å². The number of halogens is 1. The number of hydrogen-bond acceptors (Lipinski definition) is 6.